The van der Waals surface area contributed by atoms with Gasteiger partial charge in [-0.2, -0.15) is 0 Å². The van der Waals surface area contributed by atoms with E-state index in [1.54, 1.807) is 12.1 Å². The highest BCUT2D eigenvalue weighted by Gasteiger charge is 2.12. The fourth-order valence-electron chi connectivity index (χ4n) is 1.73. The van der Waals surface area contributed by atoms with Crippen LogP contribution < -0.4 is 5.69 Å². The Morgan fingerprint density at radius 2 is 2.22 bits per heavy atom. The normalized spacial score (nSPS) is 10.5. The number of halogens is 1. The molecule has 2 aromatic rings. The zero-order valence-electron chi connectivity index (χ0n) is 9.39. The SMILES string of the molecule is O=C(O)c1c[nH]c(=O)n1CCc1cccc(Cl)c1. The molecular weight excluding hydrogens is 256 g/mol. The molecule has 0 saturated carbocycles. The van der Waals surface area contributed by atoms with Gasteiger partial charge in [0, 0.05) is 17.8 Å². The van der Waals surface area contributed by atoms with Crippen LogP contribution in [0.5, 0.6) is 0 Å². The number of H-pyrrole nitrogens is 1. The van der Waals surface area contributed by atoms with Crippen molar-refractivity contribution in [2.75, 3.05) is 0 Å². The highest BCUT2D eigenvalue weighted by molar-refractivity contribution is 6.30. The maximum Gasteiger partial charge on any atom is 0.354 e. The first-order valence-corrected chi connectivity index (χ1v) is 5.71. The number of hydrogen-bond acceptors (Lipinski definition) is 2. The van der Waals surface area contributed by atoms with Gasteiger partial charge in [-0.05, 0) is 24.1 Å². The Labute approximate surface area is 108 Å². The van der Waals surface area contributed by atoms with Crippen molar-refractivity contribution in [3.05, 3.63) is 57.2 Å². The third kappa shape index (κ3) is 2.62. The number of benzene rings is 1. The van der Waals surface area contributed by atoms with Gasteiger partial charge in [0.15, 0.2) is 0 Å². The van der Waals surface area contributed by atoms with E-state index in [1.165, 1.54) is 10.8 Å². The largest absolute Gasteiger partial charge is 0.477 e. The average molecular weight is 267 g/mol. The molecule has 0 amide bonds. The lowest BCUT2D eigenvalue weighted by Crippen LogP contribution is -2.22. The van der Waals surface area contributed by atoms with E-state index < -0.39 is 11.7 Å². The van der Waals surface area contributed by atoms with E-state index >= 15 is 0 Å². The highest BCUT2D eigenvalue weighted by Crippen LogP contribution is 2.11. The van der Waals surface area contributed by atoms with E-state index in [1.807, 2.05) is 12.1 Å². The van der Waals surface area contributed by atoms with Gasteiger partial charge in [-0.25, -0.2) is 9.59 Å². The second-order valence-corrected chi connectivity index (χ2v) is 4.25. The van der Waals surface area contributed by atoms with Crippen LogP contribution in [-0.4, -0.2) is 20.6 Å². The van der Waals surface area contributed by atoms with E-state index in [-0.39, 0.29) is 5.69 Å². The molecule has 6 heteroatoms. The summed E-state index contributed by atoms with van der Waals surface area (Å²) in [6, 6.07) is 7.25. The number of nitrogens with one attached hydrogen (secondary N) is 1. The molecule has 0 radical (unpaired) electrons. The minimum atomic E-state index is -1.13. The van der Waals surface area contributed by atoms with Gasteiger partial charge >= 0.3 is 11.7 Å². The van der Waals surface area contributed by atoms with Crippen LogP contribution in [0.15, 0.2) is 35.3 Å². The number of nitrogens with zero attached hydrogens (tertiary/aromatic N) is 1. The number of aromatic nitrogens is 2. The van der Waals surface area contributed by atoms with Crippen LogP contribution in [-0.2, 0) is 13.0 Å². The van der Waals surface area contributed by atoms with Crippen LogP contribution in [0.3, 0.4) is 0 Å². The number of aryl methyl sites for hydroxylation is 1. The number of aromatic carboxylic acids is 1. The van der Waals surface area contributed by atoms with E-state index in [2.05, 4.69) is 4.98 Å². The molecule has 2 rings (SSSR count). The lowest BCUT2D eigenvalue weighted by Gasteiger charge is -2.04. The molecular formula is C12H11ClN2O3. The molecule has 0 atom stereocenters. The molecule has 1 aromatic heterocycles. The molecule has 0 aliphatic carbocycles. The second-order valence-electron chi connectivity index (χ2n) is 3.82. The summed E-state index contributed by atoms with van der Waals surface area (Å²) in [6.45, 7) is 0.296. The standard InChI is InChI=1S/C12H11ClN2O3/c13-9-3-1-2-8(6-9)4-5-15-10(11(16)17)7-14-12(15)18/h1-3,6-7H,4-5H2,(H,14,18)(H,16,17). The molecule has 0 unspecified atom stereocenters. The maximum atomic E-state index is 11.5. The van der Waals surface area contributed by atoms with Gasteiger partial charge in [0.25, 0.3) is 0 Å². The van der Waals surface area contributed by atoms with Gasteiger partial charge in [-0.1, -0.05) is 23.7 Å². The molecule has 94 valence electrons. The summed E-state index contributed by atoms with van der Waals surface area (Å²) in [7, 11) is 0. The first-order valence-electron chi connectivity index (χ1n) is 5.34. The fourth-order valence-corrected chi connectivity index (χ4v) is 1.94. The minimum Gasteiger partial charge on any atom is -0.477 e. The Kier molecular flexibility index (Phi) is 3.53. The van der Waals surface area contributed by atoms with Crippen molar-refractivity contribution in [2.24, 2.45) is 0 Å². The summed E-state index contributed by atoms with van der Waals surface area (Å²) in [5.41, 5.74) is 0.489. The molecule has 1 aromatic carbocycles. The first-order chi connectivity index (χ1) is 8.58. The topological polar surface area (TPSA) is 75.1 Å². The molecule has 0 aliphatic heterocycles. The third-order valence-corrected chi connectivity index (χ3v) is 2.84. The summed E-state index contributed by atoms with van der Waals surface area (Å²) < 4.78 is 1.20. The molecule has 0 saturated heterocycles. The van der Waals surface area contributed by atoms with Gasteiger partial charge in [-0.15, -0.1) is 0 Å². The van der Waals surface area contributed by atoms with Gasteiger partial charge in [0.05, 0.1) is 0 Å². The van der Waals surface area contributed by atoms with Crippen molar-refractivity contribution < 1.29 is 9.90 Å². The number of carbonyl (C=O) groups is 1. The van der Waals surface area contributed by atoms with Crippen molar-refractivity contribution in [1.82, 2.24) is 9.55 Å². The van der Waals surface area contributed by atoms with Gasteiger partial charge in [0.1, 0.15) is 5.69 Å². The van der Waals surface area contributed by atoms with Crippen LogP contribution >= 0.6 is 11.6 Å². The highest BCUT2D eigenvalue weighted by atomic mass is 35.5. The Hall–Kier alpha value is -2.01. The summed E-state index contributed by atoms with van der Waals surface area (Å²) >= 11 is 5.85. The second kappa shape index (κ2) is 5.10. The Morgan fingerprint density at radius 3 is 2.89 bits per heavy atom. The van der Waals surface area contributed by atoms with Crippen LogP contribution in [0.1, 0.15) is 16.1 Å². The van der Waals surface area contributed by atoms with E-state index in [0.29, 0.717) is 18.0 Å². The van der Waals surface area contributed by atoms with Gasteiger partial charge < -0.3 is 10.1 Å². The molecule has 0 fully saturated rings. The lowest BCUT2D eigenvalue weighted by atomic mass is 10.1. The number of imidazole rings is 1. The van der Waals surface area contributed by atoms with Crippen LogP contribution in [0.4, 0.5) is 0 Å². The Balaban J connectivity index is 2.18. The number of aromatic amines is 1. The number of carboxylic acid groups (broad SMARTS) is 1. The van der Waals surface area contributed by atoms with Crippen molar-refractivity contribution in [1.29, 1.82) is 0 Å². The summed E-state index contributed by atoms with van der Waals surface area (Å²) in [4.78, 5) is 24.7. The van der Waals surface area contributed by atoms with E-state index in [4.69, 9.17) is 16.7 Å². The zero-order valence-corrected chi connectivity index (χ0v) is 10.1. The average Bonchev–Trinajstić information content (AvgIpc) is 2.68. The van der Waals surface area contributed by atoms with Crippen LogP contribution in [0.25, 0.3) is 0 Å². The number of rotatable bonds is 4. The molecule has 18 heavy (non-hydrogen) atoms. The monoisotopic (exact) mass is 266 g/mol. The van der Waals surface area contributed by atoms with Crippen LogP contribution in [0.2, 0.25) is 5.02 Å². The fraction of sp³-hybridized carbons (Fsp3) is 0.167. The van der Waals surface area contributed by atoms with Crippen molar-refractivity contribution >= 4 is 17.6 Å². The lowest BCUT2D eigenvalue weighted by molar-refractivity contribution is 0.0684. The van der Waals surface area contributed by atoms with E-state index in [9.17, 15) is 9.59 Å². The van der Waals surface area contributed by atoms with E-state index in [0.717, 1.165) is 5.56 Å². The Morgan fingerprint density at radius 1 is 1.44 bits per heavy atom. The number of hydrogen-bond donors (Lipinski definition) is 2. The predicted molar refractivity (Wildman–Crippen MR) is 67.2 cm³/mol. The summed E-state index contributed by atoms with van der Waals surface area (Å²) in [5.74, 6) is -1.13. The molecule has 1 heterocycles. The van der Waals surface area contributed by atoms with Crippen LogP contribution in [0, 0.1) is 0 Å². The summed E-state index contributed by atoms with van der Waals surface area (Å²) in [5, 5.41) is 9.54. The molecule has 0 spiro atoms. The van der Waals surface area contributed by atoms with Gasteiger partial charge in [-0.3, -0.25) is 4.57 Å². The Bertz CT molecular complexity index is 630. The molecule has 0 bridgehead atoms. The summed E-state index contributed by atoms with van der Waals surface area (Å²) in [6.07, 6.45) is 1.74. The first kappa shape index (κ1) is 12.4. The quantitative estimate of drug-likeness (QED) is 0.886. The molecule has 0 aliphatic rings. The van der Waals surface area contributed by atoms with Crippen molar-refractivity contribution in [2.45, 2.75) is 13.0 Å². The number of carboxylic acids is 1. The third-order valence-electron chi connectivity index (χ3n) is 2.60. The molecule has 2 N–H and O–H groups in total. The minimum absolute atomic E-state index is 0.0398. The zero-order chi connectivity index (χ0) is 13.1. The maximum absolute atomic E-state index is 11.5. The smallest absolute Gasteiger partial charge is 0.354 e. The van der Waals surface area contributed by atoms with Gasteiger partial charge in [0.2, 0.25) is 0 Å². The molecule has 5 nitrogen and oxygen atoms in total. The van der Waals surface area contributed by atoms with Crippen molar-refractivity contribution in [3.8, 4) is 0 Å². The van der Waals surface area contributed by atoms with Crippen molar-refractivity contribution in [3.63, 3.8) is 0 Å². The predicted octanol–water partition coefficient (Wildman–Crippen LogP) is 1.77.